The van der Waals surface area contributed by atoms with Gasteiger partial charge in [-0.25, -0.2) is 0 Å². The van der Waals surface area contributed by atoms with Crippen molar-refractivity contribution in [2.45, 2.75) is 64.7 Å². The van der Waals surface area contributed by atoms with E-state index in [1.54, 1.807) is 0 Å². The van der Waals surface area contributed by atoms with Crippen molar-refractivity contribution in [3.8, 4) is 0 Å². The minimum absolute atomic E-state index is 0.313. The average molecular weight is 273 g/mol. The van der Waals surface area contributed by atoms with E-state index in [-0.39, 0.29) is 0 Å². The molecule has 0 saturated carbocycles. The lowest BCUT2D eigenvalue weighted by molar-refractivity contribution is 0.0979. The number of rotatable bonds is 9. The Labute approximate surface area is 123 Å². The first-order chi connectivity index (χ1) is 9.81. The molecule has 0 unspecified atom stereocenters. The van der Waals surface area contributed by atoms with Gasteiger partial charge in [-0.3, -0.25) is 4.79 Å². The van der Waals surface area contributed by atoms with Crippen molar-refractivity contribution in [3.05, 3.63) is 29.3 Å². The van der Waals surface area contributed by atoms with Crippen LogP contribution in [0, 0.1) is 0 Å². The number of nitrogens with one attached hydrogen (secondary N) is 1. The van der Waals surface area contributed by atoms with E-state index in [0.29, 0.717) is 12.2 Å². The van der Waals surface area contributed by atoms with E-state index in [0.717, 1.165) is 24.9 Å². The third kappa shape index (κ3) is 4.36. The summed E-state index contributed by atoms with van der Waals surface area (Å²) in [6, 6.07) is 6.11. The molecule has 110 valence electrons. The van der Waals surface area contributed by atoms with Gasteiger partial charge in [0, 0.05) is 24.2 Å². The van der Waals surface area contributed by atoms with E-state index < -0.39 is 0 Å². The fraction of sp³-hybridized carbons (Fsp3) is 0.611. The molecule has 1 heterocycles. The van der Waals surface area contributed by atoms with E-state index in [1.165, 1.54) is 49.8 Å². The summed E-state index contributed by atoms with van der Waals surface area (Å²) in [5, 5.41) is 3.33. The van der Waals surface area contributed by atoms with Crippen LogP contribution in [0.4, 0.5) is 5.69 Å². The van der Waals surface area contributed by atoms with Crippen molar-refractivity contribution < 1.29 is 4.79 Å². The van der Waals surface area contributed by atoms with E-state index in [2.05, 4.69) is 24.4 Å². The second kappa shape index (κ2) is 8.08. The number of ketones is 1. The largest absolute Gasteiger partial charge is 0.384 e. The van der Waals surface area contributed by atoms with Crippen LogP contribution in [0.3, 0.4) is 0 Å². The predicted octanol–water partition coefficient (Wildman–Crippen LogP) is 4.98. The fourth-order valence-electron chi connectivity index (χ4n) is 2.87. The lowest BCUT2D eigenvalue weighted by Crippen LogP contribution is -1.99. The number of hydrogen-bond acceptors (Lipinski definition) is 2. The number of Topliss-reactive ketones (excluding diaryl/α,β-unsaturated/α-hetero) is 1. The monoisotopic (exact) mass is 273 g/mol. The van der Waals surface area contributed by atoms with Crippen molar-refractivity contribution >= 4 is 11.5 Å². The molecule has 0 bridgehead atoms. The summed E-state index contributed by atoms with van der Waals surface area (Å²) >= 11 is 0. The van der Waals surface area contributed by atoms with Crippen molar-refractivity contribution in [3.63, 3.8) is 0 Å². The molecular formula is C18H27NO. The summed E-state index contributed by atoms with van der Waals surface area (Å²) < 4.78 is 0. The highest BCUT2D eigenvalue weighted by Crippen LogP contribution is 2.24. The molecule has 2 nitrogen and oxygen atoms in total. The Bertz CT molecular complexity index is 439. The molecule has 0 saturated heterocycles. The molecule has 0 aromatic heterocycles. The minimum Gasteiger partial charge on any atom is -0.384 e. The predicted molar refractivity (Wildman–Crippen MR) is 85.6 cm³/mol. The third-order valence-electron chi connectivity index (χ3n) is 4.14. The maximum atomic E-state index is 12.2. The highest BCUT2D eigenvalue weighted by Gasteiger charge is 2.13. The molecule has 1 aliphatic rings. The third-order valence-corrected chi connectivity index (χ3v) is 4.14. The molecule has 1 aromatic carbocycles. The van der Waals surface area contributed by atoms with Crippen molar-refractivity contribution in [2.75, 3.05) is 11.9 Å². The standard InChI is InChI=1S/C18H27NO/c1-2-3-4-5-6-7-8-9-18(20)16-10-11-17-15(14-16)12-13-19-17/h10-11,14,19H,2-9,12-13H2,1H3. The number of hydrogen-bond donors (Lipinski definition) is 1. The van der Waals surface area contributed by atoms with Crippen LogP contribution in [0.15, 0.2) is 18.2 Å². The second-order valence-electron chi connectivity index (χ2n) is 5.84. The molecule has 0 radical (unpaired) electrons. The van der Waals surface area contributed by atoms with Crippen LogP contribution in [0.25, 0.3) is 0 Å². The lowest BCUT2D eigenvalue weighted by atomic mass is 10.0. The topological polar surface area (TPSA) is 29.1 Å². The van der Waals surface area contributed by atoms with Crippen LogP contribution < -0.4 is 5.32 Å². The van der Waals surface area contributed by atoms with Crippen LogP contribution in [0.1, 0.15) is 74.2 Å². The van der Waals surface area contributed by atoms with Gasteiger partial charge in [0.05, 0.1) is 0 Å². The summed E-state index contributed by atoms with van der Waals surface area (Å²) in [5.74, 6) is 0.313. The molecule has 2 heteroatoms. The maximum absolute atomic E-state index is 12.2. The summed E-state index contributed by atoms with van der Waals surface area (Å²) in [4.78, 5) is 12.2. The van der Waals surface area contributed by atoms with Crippen LogP contribution in [-0.2, 0) is 6.42 Å². The van der Waals surface area contributed by atoms with Gasteiger partial charge in [0.2, 0.25) is 0 Å². The summed E-state index contributed by atoms with van der Waals surface area (Å²) in [6.07, 6.45) is 10.6. The Morgan fingerprint density at radius 1 is 1.10 bits per heavy atom. The molecule has 1 N–H and O–H groups in total. The smallest absolute Gasteiger partial charge is 0.162 e. The average Bonchev–Trinajstić information content (AvgIpc) is 2.93. The molecule has 0 spiro atoms. The van der Waals surface area contributed by atoms with E-state index in [4.69, 9.17) is 0 Å². The van der Waals surface area contributed by atoms with Crippen LogP contribution in [0.2, 0.25) is 0 Å². The highest BCUT2D eigenvalue weighted by molar-refractivity contribution is 5.96. The normalized spacial score (nSPS) is 13.1. The number of carbonyl (C=O) groups excluding carboxylic acids is 1. The Kier molecular flexibility index (Phi) is 6.10. The van der Waals surface area contributed by atoms with Gasteiger partial charge in [-0.2, -0.15) is 0 Å². The summed E-state index contributed by atoms with van der Waals surface area (Å²) in [7, 11) is 0. The highest BCUT2D eigenvalue weighted by atomic mass is 16.1. The second-order valence-corrected chi connectivity index (χ2v) is 5.84. The Hall–Kier alpha value is -1.31. The summed E-state index contributed by atoms with van der Waals surface area (Å²) in [6.45, 7) is 3.25. The van der Waals surface area contributed by atoms with Crippen molar-refractivity contribution in [2.24, 2.45) is 0 Å². The molecular weight excluding hydrogens is 246 g/mol. The van der Waals surface area contributed by atoms with Gasteiger partial charge in [0.1, 0.15) is 0 Å². The van der Waals surface area contributed by atoms with Gasteiger partial charge in [-0.1, -0.05) is 45.4 Å². The molecule has 0 amide bonds. The Morgan fingerprint density at radius 3 is 2.65 bits per heavy atom. The zero-order valence-electron chi connectivity index (χ0n) is 12.7. The number of anilines is 1. The molecule has 2 rings (SSSR count). The zero-order valence-corrected chi connectivity index (χ0v) is 12.7. The number of fused-ring (bicyclic) bond motifs is 1. The van der Waals surface area contributed by atoms with Gasteiger partial charge in [-0.15, -0.1) is 0 Å². The van der Waals surface area contributed by atoms with E-state index in [1.807, 2.05) is 6.07 Å². The first-order valence-electron chi connectivity index (χ1n) is 8.21. The zero-order chi connectivity index (χ0) is 14.2. The van der Waals surface area contributed by atoms with Gasteiger partial charge in [0.25, 0.3) is 0 Å². The minimum atomic E-state index is 0.313. The van der Waals surface area contributed by atoms with Gasteiger partial charge < -0.3 is 5.32 Å². The van der Waals surface area contributed by atoms with Crippen LogP contribution in [0.5, 0.6) is 0 Å². The molecule has 1 aromatic rings. The summed E-state index contributed by atoms with van der Waals surface area (Å²) in [5.41, 5.74) is 3.41. The molecule has 0 atom stereocenters. The first-order valence-corrected chi connectivity index (χ1v) is 8.21. The van der Waals surface area contributed by atoms with Gasteiger partial charge in [-0.05, 0) is 36.6 Å². The molecule has 0 fully saturated rings. The first kappa shape index (κ1) is 15.1. The van der Waals surface area contributed by atoms with Gasteiger partial charge >= 0.3 is 0 Å². The quantitative estimate of drug-likeness (QED) is 0.508. The Morgan fingerprint density at radius 2 is 1.85 bits per heavy atom. The van der Waals surface area contributed by atoms with E-state index >= 15 is 0 Å². The molecule has 1 aliphatic heterocycles. The number of carbonyl (C=O) groups is 1. The fourth-order valence-corrected chi connectivity index (χ4v) is 2.87. The van der Waals surface area contributed by atoms with Crippen LogP contribution in [-0.4, -0.2) is 12.3 Å². The molecule has 20 heavy (non-hydrogen) atoms. The van der Waals surface area contributed by atoms with Crippen molar-refractivity contribution in [1.82, 2.24) is 0 Å². The van der Waals surface area contributed by atoms with Crippen LogP contribution >= 0.6 is 0 Å². The number of unbranched alkanes of at least 4 members (excludes halogenated alkanes) is 6. The SMILES string of the molecule is CCCCCCCCCC(=O)c1ccc2c(c1)CCN2. The van der Waals surface area contributed by atoms with E-state index in [9.17, 15) is 4.79 Å². The van der Waals surface area contributed by atoms with Gasteiger partial charge in [0.15, 0.2) is 5.78 Å². The van der Waals surface area contributed by atoms with Crippen molar-refractivity contribution in [1.29, 1.82) is 0 Å². The number of benzene rings is 1. The molecule has 0 aliphatic carbocycles. The Balaban J connectivity index is 1.67. The lowest BCUT2D eigenvalue weighted by Gasteiger charge is -2.05. The maximum Gasteiger partial charge on any atom is 0.162 e.